The van der Waals surface area contributed by atoms with Crippen LogP contribution in [0.1, 0.15) is 28.5 Å². The molecule has 0 radical (unpaired) electrons. The number of carbonyl (C=O) groups excluding carboxylic acids is 1. The molecule has 6 nitrogen and oxygen atoms in total. The lowest BCUT2D eigenvalue weighted by Gasteiger charge is -2.38. The maximum absolute atomic E-state index is 11.9. The summed E-state index contributed by atoms with van der Waals surface area (Å²) in [6.07, 6.45) is 1.88. The summed E-state index contributed by atoms with van der Waals surface area (Å²) in [6, 6.07) is 11.0. The van der Waals surface area contributed by atoms with E-state index >= 15 is 0 Å². The van der Waals surface area contributed by atoms with Crippen molar-refractivity contribution in [3.8, 4) is 0 Å². The van der Waals surface area contributed by atoms with Gasteiger partial charge in [-0.2, -0.15) is 0 Å². The molecule has 2 N–H and O–H groups in total. The normalized spacial score (nSPS) is 22.0. The number of nitrogens with zero attached hydrogens (tertiary/aromatic N) is 3. The number of benzene rings is 1. The molecule has 1 amide bonds. The van der Waals surface area contributed by atoms with Crippen LogP contribution in [0, 0.1) is 0 Å². The van der Waals surface area contributed by atoms with E-state index in [1.807, 2.05) is 11.3 Å². The second-order valence-corrected chi connectivity index (χ2v) is 8.68. The van der Waals surface area contributed by atoms with E-state index < -0.39 is 0 Å². The average molecular weight is 396 g/mol. The van der Waals surface area contributed by atoms with Crippen molar-refractivity contribution >= 4 is 28.1 Å². The van der Waals surface area contributed by atoms with Crippen LogP contribution >= 0.6 is 11.3 Å². The molecular formula is C21H25N5OS. The molecule has 146 valence electrons. The Balaban J connectivity index is 1.49. The quantitative estimate of drug-likeness (QED) is 0.819. The van der Waals surface area contributed by atoms with Gasteiger partial charge in [-0.15, -0.1) is 11.3 Å². The molecule has 1 aromatic heterocycles. The lowest BCUT2D eigenvalue weighted by molar-refractivity contribution is -0.124. The Morgan fingerprint density at radius 1 is 1.21 bits per heavy atom. The Morgan fingerprint density at radius 2 is 2.07 bits per heavy atom. The van der Waals surface area contributed by atoms with E-state index in [1.54, 1.807) is 0 Å². The van der Waals surface area contributed by atoms with Crippen molar-refractivity contribution in [1.29, 1.82) is 0 Å². The largest absolute Gasteiger partial charge is 0.354 e. The minimum absolute atomic E-state index is 0.0722. The maximum atomic E-state index is 11.9. The fraction of sp³-hybridized carbons (Fsp3) is 0.429. The van der Waals surface area contributed by atoms with E-state index in [4.69, 9.17) is 4.99 Å². The molecule has 0 aliphatic carbocycles. The number of hydrogen-bond acceptors (Lipinski definition) is 6. The van der Waals surface area contributed by atoms with Crippen LogP contribution in [0.2, 0.25) is 0 Å². The van der Waals surface area contributed by atoms with Gasteiger partial charge in [-0.3, -0.25) is 9.69 Å². The minimum atomic E-state index is -0.186. The summed E-state index contributed by atoms with van der Waals surface area (Å²) in [5, 5.41) is 7.66. The van der Waals surface area contributed by atoms with Gasteiger partial charge in [-0.25, -0.2) is 4.99 Å². The molecule has 28 heavy (non-hydrogen) atoms. The van der Waals surface area contributed by atoms with Crippen molar-refractivity contribution in [2.24, 2.45) is 4.99 Å². The zero-order valence-electron chi connectivity index (χ0n) is 16.1. The highest BCUT2D eigenvalue weighted by Gasteiger charge is 2.32. The van der Waals surface area contributed by atoms with Crippen molar-refractivity contribution in [3.05, 3.63) is 51.9 Å². The average Bonchev–Trinajstić information content (AvgIpc) is 3.16. The van der Waals surface area contributed by atoms with Crippen molar-refractivity contribution in [1.82, 2.24) is 15.1 Å². The third-order valence-corrected chi connectivity index (χ3v) is 6.93. The number of thiophene rings is 1. The van der Waals surface area contributed by atoms with E-state index in [1.165, 1.54) is 26.6 Å². The van der Waals surface area contributed by atoms with Gasteiger partial charge in [-0.1, -0.05) is 31.2 Å². The van der Waals surface area contributed by atoms with Crippen LogP contribution in [0.3, 0.4) is 0 Å². The van der Waals surface area contributed by atoms with Crippen molar-refractivity contribution in [2.45, 2.75) is 32.6 Å². The number of anilines is 1. The highest BCUT2D eigenvalue weighted by atomic mass is 32.1. The number of amidine groups is 1. The summed E-state index contributed by atoms with van der Waals surface area (Å²) in [6.45, 7) is 5.93. The highest BCUT2D eigenvalue weighted by Crippen LogP contribution is 2.35. The Kier molecular flexibility index (Phi) is 4.56. The van der Waals surface area contributed by atoms with E-state index in [2.05, 4.69) is 57.7 Å². The maximum Gasteiger partial charge on any atom is 0.234 e. The Hall–Kier alpha value is -2.38. The summed E-state index contributed by atoms with van der Waals surface area (Å²) < 4.78 is 0. The number of fused-ring (bicyclic) bond motifs is 2. The molecule has 5 rings (SSSR count). The number of piperazine rings is 1. The molecule has 4 heterocycles. The van der Waals surface area contributed by atoms with Crippen LogP contribution in [0.4, 0.5) is 5.00 Å². The van der Waals surface area contributed by atoms with Crippen LogP contribution in [-0.2, 0) is 24.2 Å². The molecule has 0 bridgehead atoms. The second-order valence-electron chi connectivity index (χ2n) is 7.54. The third kappa shape index (κ3) is 3.18. The Labute approximate surface area is 169 Å². The molecule has 7 heteroatoms. The molecule has 1 fully saturated rings. The molecule has 1 unspecified atom stereocenters. The lowest BCUT2D eigenvalue weighted by Crippen LogP contribution is -2.54. The summed E-state index contributed by atoms with van der Waals surface area (Å²) in [7, 11) is 0. The monoisotopic (exact) mass is 395 g/mol. The number of amides is 1. The topological polar surface area (TPSA) is 60.0 Å². The van der Waals surface area contributed by atoms with Gasteiger partial charge >= 0.3 is 0 Å². The summed E-state index contributed by atoms with van der Waals surface area (Å²) in [5.74, 6) is 1.14. The van der Waals surface area contributed by atoms with Gasteiger partial charge in [0.15, 0.2) is 6.29 Å². The highest BCUT2D eigenvalue weighted by molar-refractivity contribution is 7.16. The number of nitrogens with one attached hydrogen (secondary N) is 2. The number of aryl methyl sites for hydroxylation is 1. The summed E-state index contributed by atoms with van der Waals surface area (Å²) in [5.41, 5.74) is 4.03. The smallest absolute Gasteiger partial charge is 0.234 e. The zero-order valence-corrected chi connectivity index (χ0v) is 16.9. The van der Waals surface area contributed by atoms with Crippen LogP contribution in [0.25, 0.3) is 0 Å². The first-order valence-corrected chi connectivity index (χ1v) is 10.8. The van der Waals surface area contributed by atoms with Gasteiger partial charge < -0.3 is 15.5 Å². The first kappa shape index (κ1) is 17.7. The molecule has 2 aromatic rings. The fourth-order valence-corrected chi connectivity index (χ4v) is 5.20. The van der Waals surface area contributed by atoms with Crippen molar-refractivity contribution in [3.63, 3.8) is 0 Å². The van der Waals surface area contributed by atoms with Gasteiger partial charge in [0.25, 0.3) is 0 Å². The first-order chi connectivity index (χ1) is 13.7. The molecule has 1 aromatic carbocycles. The van der Waals surface area contributed by atoms with Crippen molar-refractivity contribution in [2.75, 3.05) is 31.5 Å². The van der Waals surface area contributed by atoms with E-state index in [-0.39, 0.29) is 12.2 Å². The summed E-state index contributed by atoms with van der Waals surface area (Å²) >= 11 is 1.81. The number of rotatable bonds is 2. The number of aliphatic imine (C=N–C) groups is 1. The number of carbonyl (C=O) groups is 1. The third-order valence-electron chi connectivity index (χ3n) is 5.72. The predicted octanol–water partition coefficient (Wildman–Crippen LogP) is 2.26. The fourth-order valence-electron chi connectivity index (χ4n) is 4.19. The Morgan fingerprint density at radius 3 is 2.89 bits per heavy atom. The molecule has 1 saturated heterocycles. The van der Waals surface area contributed by atoms with Crippen LogP contribution in [0.5, 0.6) is 0 Å². The number of hydrogen-bond donors (Lipinski definition) is 2. The molecular weight excluding hydrogens is 370 g/mol. The second kappa shape index (κ2) is 7.22. The standard InChI is InChI=1S/C21H25N5OS/c1-2-16-11-17-19(25-9-7-14-5-3-4-6-15(14)12-25)23-21(24-20(17)28-16)26-10-8-22-18(27)13-26/h3-6,11,21,24H,2,7-10,12-13H2,1H3,(H,22,27). The van der Waals surface area contributed by atoms with Crippen LogP contribution in [-0.4, -0.2) is 54.0 Å². The summed E-state index contributed by atoms with van der Waals surface area (Å²) in [4.78, 5) is 22.9. The van der Waals surface area contributed by atoms with Gasteiger partial charge in [0.1, 0.15) is 10.8 Å². The van der Waals surface area contributed by atoms with E-state index in [9.17, 15) is 4.79 Å². The molecule has 3 aliphatic rings. The van der Waals surface area contributed by atoms with Gasteiger partial charge in [-0.05, 0) is 30.0 Å². The molecule has 0 saturated carbocycles. The van der Waals surface area contributed by atoms with Gasteiger partial charge in [0, 0.05) is 31.1 Å². The van der Waals surface area contributed by atoms with Gasteiger partial charge in [0.05, 0.1) is 12.1 Å². The van der Waals surface area contributed by atoms with E-state index in [0.29, 0.717) is 13.1 Å². The van der Waals surface area contributed by atoms with Crippen LogP contribution < -0.4 is 10.6 Å². The van der Waals surface area contributed by atoms with Gasteiger partial charge in [0.2, 0.25) is 5.91 Å². The lowest BCUT2D eigenvalue weighted by atomic mass is 9.99. The SMILES string of the molecule is CCc1cc2c(s1)NC(N1CCNC(=O)C1)N=C2N1CCc2ccccc2C1. The first-order valence-electron chi connectivity index (χ1n) is 10.0. The Bertz CT molecular complexity index is 937. The zero-order chi connectivity index (χ0) is 19.1. The predicted molar refractivity (Wildman–Crippen MR) is 113 cm³/mol. The molecule has 1 atom stereocenters. The molecule has 0 spiro atoms. The molecule has 3 aliphatic heterocycles. The van der Waals surface area contributed by atoms with E-state index in [0.717, 1.165) is 38.3 Å². The van der Waals surface area contributed by atoms with Crippen LogP contribution in [0.15, 0.2) is 35.3 Å². The van der Waals surface area contributed by atoms with Crippen molar-refractivity contribution < 1.29 is 4.79 Å². The minimum Gasteiger partial charge on any atom is -0.354 e.